The van der Waals surface area contributed by atoms with Crippen LogP contribution in [0, 0.1) is 0 Å². The Hall–Kier alpha value is -7.65. The van der Waals surface area contributed by atoms with E-state index in [1.165, 1.54) is 121 Å². The van der Waals surface area contributed by atoms with Crippen molar-refractivity contribution in [2.24, 2.45) is 0 Å². The Morgan fingerprint density at radius 1 is 0.293 bits per heavy atom. The number of hydrogen-bond acceptors (Lipinski definition) is 2. The molecule has 0 atom stereocenters. The molecule has 362 valence electrons. The van der Waals surface area contributed by atoms with E-state index in [0.29, 0.717) is 0 Å². The molecule has 0 N–H and O–H groups in total. The van der Waals surface area contributed by atoms with Crippen LogP contribution in [0.2, 0.25) is 0 Å². The summed E-state index contributed by atoms with van der Waals surface area (Å²) in [5, 5.41) is 0. The van der Waals surface area contributed by atoms with E-state index in [4.69, 9.17) is 0 Å². The first-order valence-corrected chi connectivity index (χ1v) is 27.7. The van der Waals surface area contributed by atoms with Crippen LogP contribution in [-0.2, 0) is 27.1 Å². The van der Waals surface area contributed by atoms with Gasteiger partial charge in [-0.25, -0.2) is 0 Å². The Morgan fingerprint density at radius 2 is 0.600 bits per heavy atom. The first kappa shape index (κ1) is 44.8. The molecule has 2 spiro atoms. The molecule has 5 aliphatic rings. The van der Waals surface area contributed by atoms with Crippen molar-refractivity contribution in [2.75, 3.05) is 4.90 Å². The quantitative estimate of drug-likeness (QED) is 0.174. The molecular weight excluding hydrogens is 923 g/mol. The van der Waals surface area contributed by atoms with Crippen LogP contribution in [-0.4, -0.2) is 0 Å². The maximum Gasteiger partial charge on any atom is 0.0736 e. The molecule has 4 aliphatic carbocycles. The van der Waals surface area contributed by atoms with E-state index in [9.17, 15) is 0 Å². The fourth-order valence-corrected chi connectivity index (χ4v) is 15.7. The molecule has 1 aliphatic heterocycles. The average molecular weight is 982 g/mol. The van der Waals surface area contributed by atoms with E-state index in [0.717, 1.165) is 17.1 Å². The van der Waals surface area contributed by atoms with E-state index in [1.807, 2.05) is 11.8 Å². The summed E-state index contributed by atoms with van der Waals surface area (Å²) in [5.74, 6) is 0. The second-order valence-corrected chi connectivity index (χ2v) is 25.5. The normalized spacial score (nSPS) is 15.7. The van der Waals surface area contributed by atoms with Gasteiger partial charge in [0.05, 0.1) is 10.8 Å². The molecule has 0 fully saturated rings. The Bertz CT molecular complexity index is 3990. The van der Waals surface area contributed by atoms with Crippen molar-refractivity contribution < 1.29 is 0 Å². The highest BCUT2D eigenvalue weighted by Gasteiger charge is 2.53. The van der Waals surface area contributed by atoms with Crippen LogP contribution in [0.15, 0.2) is 222 Å². The first-order chi connectivity index (χ1) is 36.2. The lowest BCUT2D eigenvalue weighted by Gasteiger charge is -2.41. The molecule has 0 radical (unpaired) electrons. The van der Waals surface area contributed by atoms with Gasteiger partial charge in [-0.3, -0.25) is 0 Å². The van der Waals surface area contributed by atoms with Gasteiger partial charge in [0.2, 0.25) is 0 Å². The summed E-state index contributed by atoms with van der Waals surface area (Å²) in [6.45, 7) is 18.9. The SMILES string of the molecule is CC(C)(C)c1ccc2c(c1)C1(c3cc(C(C)(C)C)ccc3S2)c2ccccc2-c2ccc(N(c3ccc4c(c3)C(C)(C)c3ccccc3-4)c3ccc4c(c3)C3(c5ccccc5-c5ccccc53)c3ccccc3-4)cc21. The maximum atomic E-state index is 2.59. The molecule has 75 heavy (non-hydrogen) atoms. The van der Waals surface area contributed by atoms with Gasteiger partial charge in [-0.15, -0.1) is 0 Å². The number of benzene rings is 10. The predicted molar refractivity (Wildman–Crippen MR) is 314 cm³/mol. The van der Waals surface area contributed by atoms with Gasteiger partial charge in [-0.2, -0.15) is 0 Å². The molecule has 15 rings (SSSR count). The standard InChI is InChI=1S/C73H59NS/c1-69(2,3)44-29-37-67-65(39-44)73(66-40-45(70(4,5)6)30-38-68(66)75-67)61-28-18-13-23-53(61)56-36-33-48(43-64(56)73)74(46-31-34-54-49-19-9-14-24-57(49)71(7,8)62(54)41-46)47-32-35-55-52-22-12-17-27-60(52)72(63(55)42-47)58-25-15-10-20-50(58)51-21-11-16-26-59(51)72/h9-43H,1-8H3. The van der Waals surface area contributed by atoms with Crippen LogP contribution in [0.5, 0.6) is 0 Å². The zero-order valence-corrected chi connectivity index (χ0v) is 44.9. The molecule has 10 aromatic carbocycles. The monoisotopic (exact) mass is 981 g/mol. The fraction of sp³-hybridized carbons (Fsp3) is 0.178. The summed E-state index contributed by atoms with van der Waals surface area (Å²) in [6.07, 6.45) is 0. The molecule has 10 aromatic rings. The Labute approximate surface area is 447 Å². The van der Waals surface area contributed by atoms with E-state index in [-0.39, 0.29) is 16.2 Å². The van der Waals surface area contributed by atoms with Crippen molar-refractivity contribution in [2.45, 2.75) is 92.3 Å². The zero-order valence-electron chi connectivity index (χ0n) is 44.1. The minimum absolute atomic E-state index is 0.0417. The van der Waals surface area contributed by atoms with Gasteiger partial charge in [0.25, 0.3) is 0 Å². The topological polar surface area (TPSA) is 3.24 Å². The van der Waals surface area contributed by atoms with Crippen molar-refractivity contribution >= 4 is 28.8 Å². The van der Waals surface area contributed by atoms with Gasteiger partial charge in [0.15, 0.2) is 0 Å². The van der Waals surface area contributed by atoms with Gasteiger partial charge in [0.1, 0.15) is 0 Å². The molecule has 0 saturated carbocycles. The summed E-state index contributed by atoms with van der Waals surface area (Å²) in [5.41, 5.74) is 28.9. The molecule has 1 nitrogen and oxygen atoms in total. The van der Waals surface area contributed by atoms with Gasteiger partial charge >= 0.3 is 0 Å². The third-order valence-corrected chi connectivity index (χ3v) is 19.2. The highest BCUT2D eigenvalue weighted by molar-refractivity contribution is 7.99. The number of anilines is 3. The summed E-state index contributed by atoms with van der Waals surface area (Å²) in [7, 11) is 0. The number of fused-ring (bicyclic) bond motifs is 22. The van der Waals surface area contributed by atoms with Crippen molar-refractivity contribution in [1.29, 1.82) is 0 Å². The van der Waals surface area contributed by atoms with E-state index >= 15 is 0 Å². The molecule has 0 aromatic heterocycles. The highest BCUT2D eigenvalue weighted by atomic mass is 32.2. The minimum atomic E-state index is -0.575. The molecule has 0 amide bonds. The Balaban J connectivity index is 1.03. The lowest BCUT2D eigenvalue weighted by molar-refractivity contribution is 0.581. The number of rotatable bonds is 3. The van der Waals surface area contributed by atoms with Gasteiger partial charge in [-0.05, 0) is 171 Å². The van der Waals surface area contributed by atoms with Crippen molar-refractivity contribution in [1.82, 2.24) is 0 Å². The van der Waals surface area contributed by atoms with Gasteiger partial charge in [0, 0.05) is 32.3 Å². The third kappa shape index (κ3) is 5.87. The molecule has 2 heteroatoms. The van der Waals surface area contributed by atoms with Crippen LogP contribution in [0.25, 0.3) is 44.5 Å². The summed E-state index contributed by atoms with van der Waals surface area (Å²) in [6, 6.07) is 82.7. The smallest absolute Gasteiger partial charge is 0.0736 e. The molecule has 0 bridgehead atoms. The van der Waals surface area contributed by atoms with Crippen molar-refractivity contribution in [3.05, 3.63) is 279 Å². The van der Waals surface area contributed by atoms with Crippen LogP contribution < -0.4 is 4.90 Å². The van der Waals surface area contributed by atoms with Crippen molar-refractivity contribution in [3.8, 4) is 44.5 Å². The van der Waals surface area contributed by atoms with Crippen LogP contribution in [0.1, 0.15) is 122 Å². The van der Waals surface area contributed by atoms with Crippen LogP contribution >= 0.6 is 11.8 Å². The van der Waals surface area contributed by atoms with E-state index in [2.05, 4.69) is 273 Å². The fourth-order valence-electron chi connectivity index (χ4n) is 14.5. The molecule has 1 heterocycles. The maximum absolute atomic E-state index is 2.59. The highest BCUT2D eigenvalue weighted by Crippen LogP contribution is 2.66. The Morgan fingerprint density at radius 3 is 0.987 bits per heavy atom. The van der Waals surface area contributed by atoms with E-state index in [1.54, 1.807) is 0 Å². The van der Waals surface area contributed by atoms with Crippen LogP contribution in [0.4, 0.5) is 17.1 Å². The van der Waals surface area contributed by atoms with Gasteiger partial charge in [-0.1, -0.05) is 231 Å². The second-order valence-electron chi connectivity index (χ2n) is 24.4. The lowest BCUT2D eigenvalue weighted by Crippen LogP contribution is -2.33. The minimum Gasteiger partial charge on any atom is -0.310 e. The second kappa shape index (κ2) is 15.2. The third-order valence-electron chi connectivity index (χ3n) is 18.1. The number of nitrogens with zero attached hydrogens (tertiary/aromatic N) is 1. The first-order valence-electron chi connectivity index (χ1n) is 26.9. The molecule has 0 unspecified atom stereocenters. The number of hydrogen-bond donors (Lipinski definition) is 0. The van der Waals surface area contributed by atoms with Gasteiger partial charge < -0.3 is 4.90 Å². The molecule has 0 saturated heterocycles. The van der Waals surface area contributed by atoms with Crippen LogP contribution in [0.3, 0.4) is 0 Å². The lowest BCUT2D eigenvalue weighted by atomic mass is 9.65. The zero-order chi connectivity index (χ0) is 51.0. The van der Waals surface area contributed by atoms with E-state index < -0.39 is 10.8 Å². The largest absolute Gasteiger partial charge is 0.310 e. The summed E-state index contributed by atoms with van der Waals surface area (Å²) < 4.78 is 0. The van der Waals surface area contributed by atoms with Crippen molar-refractivity contribution in [3.63, 3.8) is 0 Å². The predicted octanol–water partition coefficient (Wildman–Crippen LogP) is 19.2. The molecular formula is C73H59NS. The summed E-state index contributed by atoms with van der Waals surface area (Å²) >= 11 is 1.94. The summed E-state index contributed by atoms with van der Waals surface area (Å²) in [4.78, 5) is 5.24. The Kier molecular flexibility index (Phi) is 9.10. The average Bonchev–Trinajstić information content (AvgIpc) is 4.09.